The molecule has 4 nitrogen and oxygen atoms in total. The van der Waals surface area contributed by atoms with Crippen LogP contribution < -0.4 is 0 Å². The van der Waals surface area contributed by atoms with Crippen molar-refractivity contribution in [3.05, 3.63) is 0 Å². The minimum absolute atomic E-state index is 0.316. The summed E-state index contributed by atoms with van der Waals surface area (Å²) in [7, 11) is 0. The molecular formula is C8H16O4. The van der Waals surface area contributed by atoms with Crippen LogP contribution in [0.2, 0.25) is 0 Å². The van der Waals surface area contributed by atoms with Crippen molar-refractivity contribution in [2.45, 2.75) is 26.2 Å². The second-order valence-corrected chi connectivity index (χ2v) is 2.43. The topological polar surface area (TPSA) is 55.8 Å². The standard InChI is InChI=1S/C5H10O2.C3H6O2/c1-2-3-4-5(6)7;1-2-5-3-4-1/h2-4H2,1H3,(H,6,7);1-3H2. The molecule has 1 saturated heterocycles. The molecule has 0 amide bonds. The number of unbranched alkanes of at least 4 members (excludes halogenated alkanes) is 1. The van der Waals surface area contributed by atoms with Gasteiger partial charge < -0.3 is 14.6 Å². The minimum Gasteiger partial charge on any atom is -0.481 e. The van der Waals surface area contributed by atoms with Gasteiger partial charge in [0.1, 0.15) is 6.79 Å². The molecule has 0 unspecified atom stereocenters. The van der Waals surface area contributed by atoms with Crippen LogP contribution in [0, 0.1) is 0 Å². The van der Waals surface area contributed by atoms with Crippen LogP contribution in [0.25, 0.3) is 0 Å². The Hall–Kier alpha value is -0.610. The van der Waals surface area contributed by atoms with E-state index in [0.717, 1.165) is 26.1 Å². The highest BCUT2D eigenvalue weighted by Gasteiger charge is 1.93. The number of aliphatic carboxylic acids is 1. The van der Waals surface area contributed by atoms with E-state index in [9.17, 15) is 4.79 Å². The fourth-order valence-electron chi connectivity index (χ4n) is 0.623. The highest BCUT2D eigenvalue weighted by molar-refractivity contribution is 5.66. The Kier molecular flexibility index (Phi) is 8.05. The lowest BCUT2D eigenvalue weighted by Gasteiger charge is -1.85. The van der Waals surface area contributed by atoms with Crippen LogP contribution in [0.1, 0.15) is 26.2 Å². The van der Waals surface area contributed by atoms with E-state index in [4.69, 9.17) is 14.6 Å². The van der Waals surface area contributed by atoms with Gasteiger partial charge in [-0.1, -0.05) is 13.3 Å². The molecule has 72 valence electrons. The first kappa shape index (κ1) is 11.4. The summed E-state index contributed by atoms with van der Waals surface area (Å²) in [6, 6.07) is 0. The monoisotopic (exact) mass is 176 g/mol. The SMILES string of the molecule is C1COCO1.CCCCC(=O)O. The van der Waals surface area contributed by atoms with E-state index in [2.05, 4.69) is 0 Å². The molecule has 0 atom stereocenters. The highest BCUT2D eigenvalue weighted by Crippen LogP contribution is 1.91. The van der Waals surface area contributed by atoms with Crippen molar-refractivity contribution in [1.82, 2.24) is 0 Å². The third-order valence-corrected chi connectivity index (χ3v) is 1.28. The van der Waals surface area contributed by atoms with E-state index in [1.807, 2.05) is 6.92 Å². The van der Waals surface area contributed by atoms with Gasteiger partial charge in [0, 0.05) is 6.42 Å². The molecule has 0 radical (unpaired) electrons. The molecule has 0 saturated carbocycles. The molecule has 1 N–H and O–H groups in total. The smallest absolute Gasteiger partial charge is 0.303 e. The largest absolute Gasteiger partial charge is 0.481 e. The Morgan fingerprint density at radius 3 is 2.17 bits per heavy atom. The molecule has 1 fully saturated rings. The number of ether oxygens (including phenoxy) is 2. The number of carbonyl (C=O) groups is 1. The normalized spacial score (nSPS) is 15.1. The van der Waals surface area contributed by atoms with Crippen molar-refractivity contribution < 1.29 is 19.4 Å². The maximum absolute atomic E-state index is 9.76. The first-order chi connectivity index (χ1) is 5.77. The maximum atomic E-state index is 9.76. The summed E-state index contributed by atoms with van der Waals surface area (Å²) in [5.41, 5.74) is 0. The Morgan fingerprint density at radius 2 is 2.00 bits per heavy atom. The van der Waals surface area contributed by atoms with E-state index in [1.165, 1.54) is 0 Å². The molecule has 0 aromatic heterocycles. The first-order valence-corrected chi connectivity index (χ1v) is 4.14. The van der Waals surface area contributed by atoms with E-state index in [-0.39, 0.29) is 0 Å². The average molecular weight is 176 g/mol. The summed E-state index contributed by atoms with van der Waals surface area (Å²) in [4.78, 5) is 9.76. The summed E-state index contributed by atoms with van der Waals surface area (Å²) in [5, 5.41) is 8.04. The zero-order valence-electron chi connectivity index (χ0n) is 7.41. The van der Waals surface area contributed by atoms with E-state index < -0.39 is 5.97 Å². The van der Waals surface area contributed by atoms with Gasteiger partial charge in [-0.2, -0.15) is 0 Å². The molecule has 0 spiro atoms. The molecule has 4 heteroatoms. The molecule has 1 aliphatic rings. The van der Waals surface area contributed by atoms with E-state index in [1.54, 1.807) is 0 Å². The van der Waals surface area contributed by atoms with Gasteiger partial charge in [-0.25, -0.2) is 0 Å². The van der Waals surface area contributed by atoms with E-state index in [0.29, 0.717) is 13.2 Å². The van der Waals surface area contributed by atoms with Crippen LogP contribution in [0.3, 0.4) is 0 Å². The van der Waals surface area contributed by atoms with Gasteiger partial charge in [-0.15, -0.1) is 0 Å². The molecule has 1 rings (SSSR count). The third kappa shape index (κ3) is 9.39. The zero-order valence-corrected chi connectivity index (χ0v) is 7.41. The van der Waals surface area contributed by atoms with Crippen molar-refractivity contribution in [1.29, 1.82) is 0 Å². The Bertz CT molecular complexity index is 102. The van der Waals surface area contributed by atoms with Crippen molar-refractivity contribution in [3.8, 4) is 0 Å². The Balaban J connectivity index is 0.000000211. The first-order valence-electron chi connectivity index (χ1n) is 4.14. The molecule has 12 heavy (non-hydrogen) atoms. The maximum Gasteiger partial charge on any atom is 0.303 e. The van der Waals surface area contributed by atoms with Gasteiger partial charge in [-0.3, -0.25) is 4.79 Å². The zero-order chi connectivity index (χ0) is 9.23. The molecule has 0 aromatic rings. The van der Waals surface area contributed by atoms with Gasteiger partial charge >= 0.3 is 5.97 Å². The average Bonchev–Trinajstić information content (AvgIpc) is 2.57. The van der Waals surface area contributed by atoms with Gasteiger partial charge in [0.25, 0.3) is 0 Å². The van der Waals surface area contributed by atoms with Gasteiger partial charge in [0.15, 0.2) is 0 Å². The minimum atomic E-state index is -0.693. The number of hydrogen-bond acceptors (Lipinski definition) is 3. The number of hydrogen-bond donors (Lipinski definition) is 1. The predicted octanol–water partition coefficient (Wildman–Crippen LogP) is 1.25. The fraction of sp³-hybridized carbons (Fsp3) is 0.875. The van der Waals surface area contributed by atoms with Crippen LogP contribution in [0.5, 0.6) is 0 Å². The molecular weight excluding hydrogens is 160 g/mol. The lowest BCUT2D eigenvalue weighted by molar-refractivity contribution is -0.137. The summed E-state index contributed by atoms with van der Waals surface area (Å²) in [5.74, 6) is -0.693. The van der Waals surface area contributed by atoms with Gasteiger partial charge in [-0.05, 0) is 6.42 Å². The summed E-state index contributed by atoms with van der Waals surface area (Å²) in [6.45, 7) is 4.03. The fourth-order valence-corrected chi connectivity index (χ4v) is 0.623. The van der Waals surface area contributed by atoms with Crippen LogP contribution in [0.4, 0.5) is 0 Å². The summed E-state index contributed by atoms with van der Waals surface area (Å²) >= 11 is 0. The molecule has 0 aliphatic carbocycles. The predicted molar refractivity (Wildman–Crippen MR) is 43.9 cm³/mol. The summed E-state index contributed by atoms with van der Waals surface area (Å²) < 4.78 is 9.44. The third-order valence-electron chi connectivity index (χ3n) is 1.28. The lowest BCUT2D eigenvalue weighted by atomic mass is 10.3. The highest BCUT2D eigenvalue weighted by atomic mass is 16.7. The quantitative estimate of drug-likeness (QED) is 0.703. The number of rotatable bonds is 3. The lowest BCUT2D eigenvalue weighted by Crippen LogP contribution is -1.91. The van der Waals surface area contributed by atoms with E-state index >= 15 is 0 Å². The van der Waals surface area contributed by atoms with Gasteiger partial charge in [0.05, 0.1) is 13.2 Å². The second-order valence-electron chi connectivity index (χ2n) is 2.43. The second kappa shape index (κ2) is 8.49. The van der Waals surface area contributed by atoms with Crippen molar-refractivity contribution >= 4 is 5.97 Å². The van der Waals surface area contributed by atoms with Crippen molar-refractivity contribution in [3.63, 3.8) is 0 Å². The van der Waals surface area contributed by atoms with Crippen molar-refractivity contribution in [2.24, 2.45) is 0 Å². The van der Waals surface area contributed by atoms with Crippen molar-refractivity contribution in [2.75, 3.05) is 20.0 Å². The van der Waals surface area contributed by atoms with Crippen LogP contribution in [-0.4, -0.2) is 31.1 Å². The molecule has 0 aromatic carbocycles. The van der Waals surface area contributed by atoms with Crippen LogP contribution in [0.15, 0.2) is 0 Å². The summed E-state index contributed by atoms with van der Waals surface area (Å²) in [6.07, 6.45) is 2.08. The Labute approximate surface area is 72.5 Å². The number of carboxylic acid groups (broad SMARTS) is 1. The Morgan fingerprint density at radius 1 is 1.42 bits per heavy atom. The molecule has 1 aliphatic heterocycles. The van der Waals surface area contributed by atoms with Crippen LogP contribution in [-0.2, 0) is 14.3 Å². The van der Waals surface area contributed by atoms with Gasteiger partial charge in [0.2, 0.25) is 0 Å². The molecule has 1 heterocycles. The molecule has 0 bridgehead atoms. The number of carboxylic acids is 1. The van der Waals surface area contributed by atoms with Crippen LogP contribution >= 0.6 is 0 Å².